The molecule has 1 aromatic rings. The van der Waals surface area contributed by atoms with E-state index in [1.54, 1.807) is 0 Å². The molecule has 1 heterocycles. The Labute approximate surface area is 129 Å². The zero-order valence-electron chi connectivity index (χ0n) is 13.4. The molecule has 0 amide bonds. The van der Waals surface area contributed by atoms with E-state index in [1.807, 2.05) is 37.5 Å². The second kappa shape index (κ2) is 10.9. The Bertz CT molecular complexity index is 414. The van der Waals surface area contributed by atoms with Crippen molar-refractivity contribution in [2.45, 2.75) is 32.1 Å². The predicted molar refractivity (Wildman–Crippen MR) is 90.6 cm³/mol. The Hall–Kier alpha value is -1.84. The summed E-state index contributed by atoms with van der Waals surface area (Å²) in [6.45, 7) is 5.63. The first-order valence-electron chi connectivity index (χ1n) is 7.70. The fourth-order valence-electron chi connectivity index (χ4n) is 2.15. The highest BCUT2D eigenvalue weighted by atomic mass is 15.3. The van der Waals surface area contributed by atoms with Gasteiger partial charge in [0, 0.05) is 45.5 Å². The summed E-state index contributed by atoms with van der Waals surface area (Å²) in [6.07, 6.45) is 9.49. The molecule has 0 atom stereocenters. The molecule has 0 fully saturated rings. The zero-order valence-corrected chi connectivity index (χ0v) is 13.4. The molecule has 0 bridgehead atoms. The topological polar surface area (TPSA) is 40.5 Å². The summed E-state index contributed by atoms with van der Waals surface area (Å²) in [6, 6.07) is 6.01. The average molecular weight is 288 g/mol. The number of nitrogens with zero attached hydrogens (tertiary/aromatic N) is 3. The van der Waals surface area contributed by atoms with Crippen LogP contribution in [0.15, 0.2) is 42.0 Å². The first-order valence-corrected chi connectivity index (χ1v) is 7.70. The molecule has 0 aliphatic heterocycles. The summed E-state index contributed by atoms with van der Waals surface area (Å²) in [5.41, 5.74) is 1.10. The standard InChI is InChI=1S/C17H28N4/c1-4-5-6-7-10-15-21(3)17(18-2)20-14-12-16-11-8-9-13-19-16/h4,8-9,11,13H,1,5-7,10,12,14-15H2,2-3H3,(H,18,20). The van der Waals surface area contributed by atoms with Crippen molar-refractivity contribution < 1.29 is 0 Å². The van der Waals surface area contributed by atoms with Gasteiger partial charge in [0.25, 0.3) is 0 Å². The molecular weight excluding hydrogens is 260 g/mol. The van der Waals surface area contributed by atoms with Crippen LogP contribution in [0, 0.1) is 0 Å². The molecule has 0 saturated carbocycles. The minimum atomic E-state index is 0.852. The van der Waals surface area contributed by atoms with Crippen LogP contribution in [0.25, 0.3) is 0 Å². The van der Waals surface area contributed by atoms with Crippen molar-refractivity contribution in [1.82, 2.24) is 15.2 Å². The third-order valence-corrected chi connectivity index (χ3v) is 3.37. The number of unbranched alkanes of at least 4 members (excludes halogenated alkanes) is 3. The van der Waals surface area contributed by atoms with Gasteiger partial charge in [0.15, 0.2) is 5.96 Å². The molecule has 0 aromatic carbocycles. The van der Waals surface area contributed by atoms with Crippen molar-refractivity contribution in [3.63, 3.8) is 0 Å². The highest BCUT2D eigenvalue weighted by molar-refractivity contribution is 5.79. The molecule has 0 radical (unpaired) electrons. The van der Waals surface area contributed by atoms with Gasteiger partial charge in [-0.15, -0.1) is 6.58 Å². The monoisotopic (exact) mass is 288 g/mol. The molecular formula is C17H28N4. The number of aromatic nitrogens is 1. The van der Waals surface area contributed by atoms with Gasteiger partial charge in [0.2, 0.25) is 0 Å². The van der Waals surface area contributed by atoms with Crippen molar-refractivity contribution in [3.8, 4) is 0 Å². The molecule has 4 heteroatoms. The minimum Gasteiger partial charge on any atom is -0.356 e. The number of pyridine rings is 1. The van der Waals surface area contributed by atoms with Crippen LogP contribution >= 0.6 is 0 Å². The van der Waals surface area contributed by atoms with E-state index in [2.05, 4.69) is 33.8 Å². The van der Waals surface area contributed by atoms with E-state index in [1.165, 1.54) is 19.3 Å². The van der Waals surface area contributed by atoms with Crippen molar-refractivity contribution in [1.29, 1.82) is 0 Å². The Balaban J connectivity index is 2.22. The van der Waals surface area contributed by atoms with Gasteiger partial charge in [-0.25, -0.2) is 0 Å². The van der Waals surface area contributed by atoms with Crippen LogP contribution in [0.1, 0.15) is 31.4 Å². The Kier molecular flexibility index (Phi) is 8.93. The van der Waals surface area contributed by atoms with Crippen molar-refractivity contribution in [3.05, 3.63) is 42.7 Å². The van der Waals surface area contributed by atoms with E-state index in [0.29, 0.717) is 0 Å². The third-order valence-electron chi connectivity index (χ3n) is 3.37. The van der Waals surface area contributed by atoms with Crippen molar-refractivity contribution in [2.75, 3.05) is 27.2 Å². The second-order valence-corrected chi connectivity index (χ2v) is 5.10. The van der Waals surface area contributed by atoms with E-state index < -0.39 is 0 Å². The number of hydrogen-bond donors (Lipinski definition) is 1. The van der Waals surface area contributed by atoms with Crippen LogP contribution in [0.4, 0.5) is 0 Å². The summed E-state index contributed by atoms with van der Waals surface area (Å²) in [4.78, 5) is 10.8. The van der Waals surface area contributed by atoms with Gasteiger partial charge in [0.1, 0.15) is 0 Å². The quantitative estimate of drug-likeness (QED) is 0.329. The number of guanidine groups is 1. The van der Waals surface area contributed by atoms with Gasteiger partial charge in [-0.2, -0.15) is 0 Å². The summed E-state index contributed by atoms with van der Waals surface area (Å²) < 4.78 is 0. The summed E-state index contributed by atoms with van der Waals surface area (Å²) >= 11 is 0. The second-order valence-electron chi connectivity index (χ2n) is 5.10. The van der Waals surface area contributed by atoms with Crippen molar-refractivity contribution in [2.24, 2.45) is 4.99 Å². The maximum Gasteiger partial charge on any atom is 0.193 e. The van der Waals surface area contributed by atoms with Crippen LogP contribution in [0.2, 0.25) is 0 Å². The molecule has 4 nitrogen and oxygen atoms in total. The molecule has 1 aromatic heterocycles. The number of rotatable bonds is 9. The van der Waals surface area contributed by atoms with E-state index in [4.69, 9.17) is 0 Å². The molecule has 116 valence electrons. The smallest absolute Gasteiger partial charge is 0.193 e. The lowest BCUT2D eigenvalue weighted by Crippen LogP contribution is -2.40. The summed E-state index contributed by atoms with van der Waals surface area (Å²) in [7, 11) is 3.92. The molecule has 21 heavy (non-hydrogen) atoms. The van der Waals surface area contributed by atoms with Gasteiger partial charge in [-0.3, -0.25) is 9.98 Å². The lowest BCUT2D eigenvalue weighted by atomic mass is 10.2. The minimum absolute atomic E-state index is 0.852. The number of nitrogens with one attached hydrogen (secondary N) is 1. The normalized spacial score (nSPS) is 11.2. The predicted octanol–water partition coefficient (Wildman–Crippen LogP) is 2.88. The highest BCUT2D eigenvalue weighted by Gasteiger charge is 2.04. The van der Waals surface area contributed by atoms with E-state index >= 15 is 0 Å². The molecule has 0 saturated heterocycles. The van der Waals surface area contributed by atoms with Crippen LogP contribution in [0.3, 0.4) is 0 Å². The summed E-state index contributed by atoms with van der Waals surface area (Å²) in [5, 5.41) is 3.39. The number of allylic oxidation sites excluding steroid dienone is 1. The van der Waals surface area contributed by atoms with Crippen molar-refractivity contribution >= 4 is 5.96 Å². The third kappa shape index (κ3) is 7.49. The molecule has 1 rings (SSSR count). The van der Waals surface area contributed by atoms with Gasteiger partial charge < -0.3 is 10.2 Å². The van der Waals surface area contributed by atoms with Crippen LogP contribution in [0.5, 0.6) is 0 Å². The SMILES string of the molecule is C=CCCCCCN(C)C(=NC)NCCc1ccccn1. The molecule has 0 aliphatic carbocycles. The van der Waals surface area contributed by atoms with Crippen LogP contribution < -0.4 is 5.32 Å². The van der Waals surface area contributed by atoms with Gasteiger partial charge >= 0.3 is 0 Å². The van der Waals surface area contributed by atoms with Gasteiger partial charge in [-0.1, -0.05) is 18.6 Å². The number of hydrogen-bond acceptors (Lipinski definition) is 2. The van der Waals surface area contributed by atoms with E-state index in [0.717, 1.165) is 37.6 Å². The van der Waals surface area contributed by atoms with Gasteiger partial charge in [0.05, 0.1) is 0 Å². The molecule has 0 aliphatic rings. The van der Waals surface area contributed by atoms with E-state index in [-0.39, 0.29) is 0 Å². The van der Waals surface area contributed by atoms with E-state index in [9.17, 15) is 0 Å². The van der Waals surface area contributed by atoms with Crippen LogP contribution in [-0.4, -0.2) is 43.0 Å². The maximum absolute atomic E-state index is 4.33. The molecule has 0 unspecified atom stereocenters. The molecule has 0 spiro atoms. The fraction of sp³-hybridized carbons (Fsp3) is 0.529. The van der Waals surface area contributed by atoms with Gasteiger partial charge in [-0.05, 0) is 31.4 Å². The Morgan fingerprint density at radius 1 is 1.38 bits per heavy atom. The first kappa shape index (κ1) is 17.2. The summed E-state index contributed by atoms with van der Waals surface area (Å²) in [5.74, 6) is 0.953. The molecule has 1 N–H and O–H groups in total. The maximum atomic E-state index is 4.33. The largest absolute Gasteiger partial charge is 0.356 e. The zero-order chi connectivity index (χ0) is 15.3. The number of aliphatic imine (C=N–C) groups is 1. The average Bonchev–Trinajstić information content (AvgIpc) is 2.52. The lowest BCUT2D eigenvalue weighted by molar-refractivity contribution is 0.455. The Morgan fingerprint density at radius 2 is 2.24 bits per heavy atom. The van der Waals surface area contributed by atoms with Crippen LogP contribution in [-0.2, 0) is 6.42 Å². The first-order chi connectivity index (χ1) is 10.3. The lowest BCUT2D eigenvalue weighted by Gasteiger charge is -2.22. The highest BCUT2D eigenvalue weighted by Crippen LogP contribution is 2.01. The Morgan fingerprint density at radius 3 is 2.90 bits per heavy atom. The fourth-order valence-corrected chi connectivity index (χ4v) is 2.15.